The highest BCUT2D eigenvalue weighted by Crippen LogP contribution is 2.38. The second-order valence-corrected chi connectivity index (χ2v) is 8.00. The smallest absolute Gasteiger partial charge is 0.414 e. The number of ether oxygens (including phenoxy) is 1. The van der Waals surface area contributed by atoms with Gasteiger partial charge < -0.3 is 14.6 Å². The molecule has 1 fully saturated rings. The molecule has 1 aliphatic heterocycles. The van der Waals surface area contributed by atoms with Crippen LogP contribution in [-0.2, 0) is 22.4 Å². The van der Waals surface area contributed by atoms with Gasteiger partial charge in [0.2, 0.25) is 5.91 Å². The fourth-order valence-corrected chi connectivity index (χ4v) is 4.27. The highest BCUT2D eigenvalue weighted by Gasteiger charge is 2.33. The first-order chi connectivity index (χ1) is 15.0. The predicted octanol–water partition coefficient (Wildman–Crippen LogP) is 2.99. The minimum Gasteiger partial charge on any atom is -0.442 e. The van der Waals surface area contributed by atoms with E-state index >= 15 is 0 Å². The Kier molecular flexibility index (Phi) is 4.72. The molecule has 9 nitrogen and oxygen atoms in total. The maximum atomic E-state index is 12.4. The number of aromatic amines is 1. The molecule has 1 atom stereocenters. The van der Waals surface area contributed by atoms with Crippen LogP contribution in [0.25, 0.3) is 22.6 Å². The Morgan fingerprint density at radius 1 is 1.32 bits per heavy atom. The van der Waals surface area contributed by atoms with Crippen LogP contribution in [0.2, 0.25) is 0 Å². The van der Waals surface area contributed by atoms with E-state index < -0.39 is 6.09 Å². The van der Waals surface area contributed by atoms with Gasteiger partial charge in [-0.1, -0.05) is 11.2 Å². The molecule has 9 heteroatoms. The molecule has 1 aliphatic carbocycles. The molecule has 1 aromatic carbocycles. The van der Waals surface area contributed by atoms with Crippen LogP contribution in [0, 0.1) is 6.92 Å². The van der Waals surface area contributed by atoms with Crippen molar-refractivity contribution in [2.75, 3.05) is 18.0 Å². The number of amides is 2. The number of fused-ring (bicyclic) bond motifs is 3. The number of carbonyl (C=O) groups excluding carboxylic acids is 2. The molecular weight excluding hydrogens is 398 g/mol. The van der Waals surface area contributed by atoms with Crippen molar-refractivity contribution in [3.8, 4) is 22.6 Å². The van der Waals surface area contributed by atoms with Gasteiger partial charge in [-0.05, 0) is 43.9 Å². The predicted molar refractivity (Wildman–Crippen MR) is 113 cm³/mol. The SMILES string of the molecule is CC(=O)NC[C@H]1CN(c2ccc3c(c2)CCCc2c-3n[nH]c2-c2cc(C)on2)C(=O)O1. The fourth-order valence-electron chi connectivity index (χ4n) is 4.27. The molecule has 2 N–H and O–H groups in total. The molecular formula is C22H23N5O4. The summed E-state index contributed by atoms with van der Waals surface area (Å²) in [6.45, 7) is 4.02. The maximum absolute atomic E-state index is 12.4. The van der Waals surface area contributed by atoms with Gasteiger partial charge in [0.1, 0.15) is 17.6 Å². The Bertz CT molecular complexity index is 1160. The number of nitrogens with zero attached hydrogens (tertiary/aromatic N) is 3. The van der Waals surface area contributed by atoms with Crippen LogP contribution < -0.4 is 10.2 Å². The van der Waals surface area contributed by atoms with Crippen molar-refractivity contribution < 1.29 is 18.8 Å². The first kappa shape index (κ1) is 19.3. The topological polar surface area (TPSA) is 113 Å². The summed E-state index contributed by atoms with van der Waals surface area (Å²) in [5.74, 6) is 0.612. The number of anilines is 1. The van der Waals surface area contributed by atoms with Gasteiger partial charge in [0.25, 0.3) is 0 Å². The molecule has 2 aromatic heterocycles. The fraction of sp³-hybridized carbons (Fsp3) is 0.364. The summed E-state index contributed by atoms with van der Waals surface area (Å²) in [5.41, 5.74) is 6.70. The monoisotopic (exact) mass is 421 g/mol. The molecule has 5 rings (SSSR count). The van der Waals surface area contributed by atoms with E-state index in [2.05, 4.69) is 20.7 Å². The molecule has 0 bridgehead atoms. The molecule has 160 valence electrons. The van der Waals surface area contributed by atoms with Crippen molar-refractivity contribution in [3.63, 3.8) is 0 Å². The lowest BCUT2D eigenvalue weighted by atomic mass is 10.0. The quantitative estimate of drug-likeness (QED) is 0.670. The van der Waals surface area contributed by atoms with Gasteiger partial charge in [0.05, 0.1) is 24.5 Å². The molecule has 2 amide bonds. The molecule has 0 saturated carbocycles. The minimum atomic E-state index is -0.395. The molecule has 0 radical (unpaired) electrons. The molecule has 31 heavy (non-hydrogen) atoms. The number of aromatic nitrogens is 3. The van der Waals surface area contributed by atoms with Gasteiger partial charge in [0, 0.05) is 29.8 Å². The zero-order valence-corrected chi connectivity index (χ0v) is 17.4. The van der Waals surface area contributed by atoms with E-state index in [0.29, 0.717) is 13.1 Å². The van der Waals surface area contributed by atoms with Crippen molar-refractivity contribution in [1.82, 2.24) is 20.7 Å². The number of nitrogens with one attached hydrogen (secondary N) is 2. The standard InChI is InChI=1S/C22H23N5O4/c1-12-8-19(26-31-12)21-18-5-3-4-14-9-15(6-7-17(14)20(18)24-25-21)27-11-16(30-22(27)29)10-23-13(2)28/h6-9,16H,3-5,10-11H2,1-2H3,(H,23,28)(H,24,25)/t16-/m0/s1. The summed E-state index contributed by atoms with van der Waals surface area (Å²) in [6, 6.07) is 7.88. The number of cyclic esters (lactones) is 1. The van der Waals surface area contributed by atoms with Crippen LogP contribution in [0.3, 0.4) is 0 Å². The first-order valence-corrected chi connectivity index (χ1v) is 10.4. The van der Waals surface area contributed by atoms with Crippen LogP contribution in [0.15, 0.2) is 28.8 Å². The Hall–Kier alpha value is -3.62. The van der Waals surface area contributed by atoms with Gasteiger partial charge in [0.15, 0.2) is 0 Å². The molecule has 0 spiro atoms. The number of hydrogen-bond donors (Lipinski definition) is 2. The summed E-state index contributed by atoms with van der Waals surface area (Å²) in [6.07, 6.45) is 1.97. The zero-order chi connectivity index (χ0) is 21.5. The Balaban J connectivity index is 1.43. The van der Waals surface area contributed by atoms with E-state index in [-0.39, 0.29) is 12.0 Å². The lowest BCUT2D eigenvalue weighted by Gasteiger charge is -2.16. The number of hydrogen-bond acceptors (Lipinski definition) is 6. The lowest BCUT2D eigenvalue weighted by molar-refractivity contribution is -0.119. The third kappa shape index (κ3) is 3.56. The molecule has 1 saturated heterocycles. The largest absolute Gasteiger partial charge is 0.442 e. The number of H-pyrrole nitrogens is 1. The lowest BCUT2D eigenvalue weighted by Crippen LogP contribution is -2.33. The Morgan fingerprint density at radius 3 is 2.97 bits per heavy atom. The van der Waals surface area contributed by atoms with E-state index in [1.165, 1.54) is 6.92 Å². The van der Waals surface area contributed by atoms with Gasteiger partial charge >= 0.3 is 6.09 Å². The summed E-state index contributed by atoms with van der Waals surface area (Å²) in [5, 5.41) is 14.5. The van der Waals surface area contributed by atoms with Gasteiger partial charge in [-0.2, -0.15) is 5.10 Å². The summed E-state index contributed by atoms with van der Waals surface area (Å²) in [7, 11) is 0. The summed E-state index contributed by atoms with van der Waals surface area (Å²) >= 11 is 0. The van der Waals surface area contributed by atoms with Crippen molar-refractivity contribution in [1.29, 1.82) is 0 Å². The van der Waals surface area contributed by atoms with E-state index in [0.717, 1.165) is 64.5 Å². The van der Waals surface area contributed by atoms with Crippen LogP contribution in [0.4, 0.5) is 10.5 Å². The van der Waals surface area contributed by atoms with Gasteiger partial charge in [-0.25, -0.2) is 4.79 Å². The number of aryl methyl sites for hydroxylation is 2. The van der Waals surface area contributed by atoms with Crippen LogP contribution >= 0.6 is 0 Å². The van der Waals surface area contributed by atoms with Crippen molar-refractivity contribution in [2.45, 2.75) is 39.2 Å². The van der Waals surface area contributed by atoms with Gasteiger partial charge in [-0.15, -0.1) is 0 Å². The van der Waals surface area contributed by atoms with E-state index in [1.54, 1.807) is 4.90 Å². The number of rotatable bonds is 4. The van der Waals surface area contributed by atoms with Crippen molar-refractivity contribution in [2.24, 2.45) is 0 Å². The normalized spacial score (nSPS) is 17.7. The molecule has 3 aromatic rings. The number of benzene rings is 1. The molecule has 2 aliphatic rings. The number of carbonyl (C=O) groups is 2. The summed E-state index contributed by atoms with van der Waals surface area (Å²) < 4.78 is 10.6. The second-order valence-electron chi connectivity index (χ2n) is 8.00. The first-order valence-electron chi connectivity index (χ1n) is 10.4. The average molecular weight is 421 g/mol. The van der Waals surface area contributed by atoms with Crippen LogP contribution in [0.1, 0.15) is 30.2 Å². The van der Waals surface area contributed by atoms with E-state index in [1.807, 2.05) is 31.2 Å². The molecule has 0 unspecified atom stereocenters. The summed E-state index contributed by atoms with van der Waals surface area (Å²) in [4.78, 5) is 25.1. The van der Waals surface area contributed by atoms with Crippen molar-refractivity contribution in [3.05, 3.63) is 41.2 Å². The average Bonchev–Trinajstić information content (AvgIpc) is 3.42. The Morgan fingerprint density at radius 2 is 2.19 bits per heavy atom. The Labute approximate surface area is 178 Å². The highest BCUT2D eigenvalue weighted by molar-refractivity contribution is 5.91. The third-order valence-corrected chi connectivity index (χ3v) is 5.73. The van der Waals surface area contributed by atoms with Crippen LogP contribution in [-0.4, -0.2) is 46.5 Å². The highest BCUT2D eigenvalue weighted by atomic mass is 16.6. The van der Waals surface area contributed by atoms with E-state index in [4.69, 9.17) is 9.26 Å². The van der Waals surface area contributed by atoms with Gasteiger partial charge in [-0.3, -0.25) is 14.8 Å². The molecule has 3 heterocycles. The van der Waals surface area contributed by atoms with Crippen LogP contribution in [0.5, 0.6) is 0 Å². The third-order valence-electron chi connectivity index (χ3n) is 5.73. The van der Waals surface area contributed by atoms with Crippen molar-refractivity contribution >= 4 is 17.7 Å². The minimum absolute atomic E-state index is 0.144. The second kappa shape index (κ2) is 7.57. The maximum Gasteiger partial charge on any atom is 0.414 e. The van der Waals surface area contributed by atoms with E-state index in [9.17, 15) is 9.59 Å². The zero-order valence-electron chi connectivity index (χ0n) is 17.4.